The second-order valence-electron chi connectivity index (χ2n) is 1.75. The largest absolute Gasteiger partial charge is 0.478 e. The van der Waals surface area contributed by atoms with Crippen LogP contribution in [-0.2, 0) is 4.79 Å². The van der Waals surface area contributed by atoms with Crippen molar-refractivity contribution in [3.8, 4) is 0 Å². The zero-order valence-electron chi connectivity index (χ0n) is 4.79. The summed E-state index contributed by atoms with van der Waals surface area (Å²) >= 11 is 0. The highest BCUT2D eigenvalue weighted by atomic mass is 16.4. The normalized spacial score (nSPS) is 16.2. The summed E-state index contributed by atoms with van der Waals surface area (Å²) < 4.78 is 0. The topological polar surface area (TPSA) is 49.3 Å². The molecule has 2 N–H and O–H groups in total. The van der Waals surface area contributed by atoms with Gasteiger partial charge in [-0.15, -0.1) is 0 Å². The van der Waals surface area contributed by atoms with Gasteiger partial charge in [0.1, 0.15) is 0 Å². The monoisotopic (exact) mass is 125 g/mol. The molecule has 0 aromatic carbocycles. The van der Waals surface area contributed by atoms with Crippen molar-refractivity contribution in [1.29, 1.82) is 0 Å². The summed E-state index contributed by atoms with van der Waals surface area (Å²) in [6, 6.07) is 0. The third-order valence-corrected chi connectivity index (χ3v) is 1.08. The standard InChI is InChI=1S/C6H7NO2/c8-6(9)5-2-1-3-7-4-5/h1,3-4,7H,2H2,(H,8,9). The van der Waals surface area contributed by atoms with Gasteiger partial charge < -0.3 is 10.4 Å². The Kier molecular flexibility index (Phi) is 1.53. The lowest BCUT2D eigenvalue weighted by molar-refractivity contribution is -0.132. The van der Waals surface area contributed by atoms with Gasteiger partial charge in [0.2, 0.25) is 0 Å². The van der Waals surface area contributed by atoms with Gasteiger partial charge in [-0.25, -0.2) is 4.79 Å². The van der Waals surface area contributed by atoms with Crippen molar-refractivity contribution in [3.05, 3.63) is 24.0 Å². The minimum absolute atomic E-state index is 0.400. The molecule has 0 aromatic rings. The lowest BCUT2D eigenvalue weighted by atomic mass is 10.2. The van der Waals surface area contributed by atoms with E-state index in [9.17, 15) is 4.79 Å². The maximum absolute atomic E-state index is 10.2. The van der Waals surface area contributed by atoms with Crippen LogP contribution in [0.4, 0.5) is 0 Å². The van der Waals surface area contributed by atoms with Crippen molar-refractivity contribution in [3.63, 3.8) is 0 Å². The fourth-order valence-corrected chi connectivity index (χ4v) is 0.611. The van der Waals surface area contributed by atoms with Crippen LogP contribution in [0.25, 0.3) is 0 Å². The van der Waals surface area contributed by atoms with Gasteiger partial charge in [-0.05, 0) is 6.20 Å². The third kappa shape index (κ3) is 1.32. The Morgan fingerprint density at radius 3 is 2.89 bits per heavy atom. The maximum atomic E-state index is 10.2. The van der Waals surface area contributed by atoms with Crippen LogP contribution >= 0.6 is 0 Å². The van der Waals surface area contributed by atoms with Gasteiger partial charge in [0.05, 0.1) is 5.57 Å². The van der Waals surface area contributed by atoms with Gasteiger partial charge in [0.15, 0.2) is 0 Å². The second-order valence-corrected chi connectivity index (χ2v) is 1.75. The first kappa shape index (κ1) is 5.88. The van der Waals surface area contributed by atoms with Crippen LogP contribution < -0.4 is 5.32 Å². The summed E-state index contributed by atoms with van der Waals surface area (Å²) in [4.78, 5) is 10.2. The van der Waals surface area contributed by atoms with Crippen LogP contribution in [0.15, 0.2) is 24.0 Å². The number of dihydropyridines is 1. The molecule has 3 nitrogen and oxygen atoms in total. The molecule has 0 unspecified atom stereocenters. The Bertz CT molecular complexity index is 181. The molecule has 0 aliphatic carbocycles. The molecule has 0 bridgehead atoms. The Labute approximate surface area is 52.7 Å². The molecule has 1 aliphatic heterocycles. The number of allylic oxidation sites excluding steroid dienone is 1. The van der Waals surface area contributed by atoms with E-state index in [1.807, 2.05) is 0 Å². The van der Waals surface area contributed by atoms with Crippen molar-refractivity contribution in [2.24, 2.45) is 0 Å². The molecule has 0 aromatic heterocycles. The van der Waals surface area contributed by atoms with Crippen molar-refractivity contribution in [1.82, 2.24) is 5.32 Å². The number of carboxylic acids is 1. The highest BCUT2D eigenvalue weighted by Gasteiger charge is 2.05. The predicted molar refractivity (Wildman–Crippen MR) is 32.6 cm³/mol. The molecule has 3 heteroatoms. The van der Waals surface area contributed by atoms with Crippen LogP contribution in [0, 0.1) is 0 Å². The van der Waals surface area contributed by atoms with Gasteiger partial charge in [0.25, 0.3) is 0 Å². The smallest absolute Gasteiger partial charge is 0.333 e. The van der Waals surface area contributed by atoms with Gasteiger partial charge in [0, 0.05) is 12.6 Å². The third-order valence-electron chi connectivity index (χ3n) is 1.08. The van der Waals surface area contributed by atoms with Crippen molar-refractivity contribution in [2.75, 3.05) is 0 Å². The number of carbonyl (C=O) groups is 1. The van der Waals surface area contributed by atoms with Gasteiger partial charge >= 0.3 is 5.97 Å². The molecule has 0 fully saturated rings. The molecule has 0 radical (unpaired) electrons. The maximum Gasteiger partial charge on any atom is 0.333 e. The number of hydrogen-bond acceptors (Lipinski definition) is 2. The fraction of sp³-hybridized carbons (Fsp3) is 0.167. The second kappa shape index (κ2) is 2.35. The van der Waals surface area contributed by atoms with Crippen molar-refractivity contribution < 1.29 is 9.90 Å². The molecule has 48 valence electrons. The van der Waals surface area contributed by atoms with E-state index in [-0.39, 0.29) is 0 Å². The quantitative estimate of drug-likeness (QED) is 0.535. The molecule has 1 heterocycles. The average molecular weight is 125 g/mol. The van der Waals surface area contributed by atoms with Crippen LogP contribution in [-0.4, -0.2) is 11.1 Å². The average Bonchev–Trinajstić information content (AvgIpc) is 1.90. The first-order chi connectivity index (χ1) is 4.30. The molecule has 0 saturated carbocycles. The molecule has 0 atom stereocenters. The minimum atomic E-state index is -0.855. The zero-order valence-corrected chi connectivity index (χ0v) is 4.79. The zero-order chi connectivity index (χ0) is 6.69. The lowest BCUT2D eigenvalue weighted by Gasteiger charge is -2.02. The number of carboxylic acid groups (broad SMARTS) is 1. The molecule has 0 spiro atoms. The molecule has 1 rings (SSSR count). The van der Waals surface area contributed by atoms with E-state index in [0.717, 1.165) is 0 Å². The summed E-state index contributed by atoms with van der Waals surface area (Å²) in [6.07, 6.45) is 5.49. The van der Waals surface area contributed by atoms with Crippen LogP contribution in [0.2, 0.25) is 0 Å². The first-order valence-corrected chi connectivity index (χ1v) is 2.64. The van der Waals surface area contributed by atoms with Gasteiger partial charge in [-0.2, -0.15) is 0 Å². The molecular formula is C6H7NO2. The molecule has 1 aliphatic rings. The SMILES string of the molecule is O=C(O)C1=CNC=CC1. The van der Waals surface area contributed by atoms with E-state index in [1.165, 1.54) is 6.20 Å². The van der Waals surface area contributed by atoms with Crippen molar-refractivity contribution >= 4 is 5.97 Å². The Morgan fingerprint density at radius 1 is 1.78 bits per heavy atom. The van der Waals surface area contributed by atoms with E-state index in [2.05, 4.69) is 5.32 Å². The number of hydrogen-bond donors (Lipinski definition) is 2. The Hall–Kier alpha value is -1.25. The molecular weight excluding hydrogens is 118 g/mol. The van der Waals surface area contributed by atoms with Gasteiger partial charge in [-0.3, -0.25) is 0 Å². The minimum Gasteiger partial charge on any atom is -0.478 e. The molecule has 9 heavy (non-hydrogen) atoms. The fourth-order valence-electron chi connectivity index (χ4n) is 0.611. The highest BCUT2D eigenvalue weighted by molar-refractivity contribution is 5.86. The van der Waals surface area contributed by atoms with E-state index < -0.39 is 5.97 Å². The van der Waals surface area contributed by atoms with E-state index in [4.69, 9.17) is 5.11 Å². The summed E-state index contributed by atoms with van der Waals surface area (Å²) in [5, 5.41) is 11.1. The van der Waals surface area contributed by atoms with E-state index >= 15 is 0 Å². The number of aliphatic carboxylic acids is 1. The summed E-state index contributed by atoms with van der Waals surface area (Å²) in [6.45, 7) is 0. The predicted octanol–water partition coefficient (Wildman–Crippen LogP) is 0.462. The molecule has 0 saturated heterocycles. The summed E-state index contributed by atoms with van der Waals surface area (Å²) in [7, 11) is 0. The summed E-state index contributed by atoms with van der Waals surface area (Å²) in [5.41, 5.74) is 0.400. The van der Waals surface area contributed by atoms with Crippen LogP contribution in [0.5, 0.6) is 0 Å². The van der Waals surface area contributed by atoms with Crippen molar-refractivity contribution in [2.45, 2.75) is 6.42 Å². The van der Waals surface area contributed by atoms with E-state index in [0.29, 0.717) is 12.0 Å². The van der Waals surface area contributed by atoms with Crippen LogP contribution in [0.3, 0.4) is 0 Å². The lowest BCUT2D eigenvalue weighted by Crippen LogP contribution is -2.08. The summed E-state index contributed by atoms with van der Waals surface area (Å²) in [5.74, 6) is -0.855. The highest BCUT2D eigenvalue weighted by Crippen LogP contribution is 2.03. The first-order valence-electron chi connectivity index (χ1n) is 2.64. The Balaban J connectivity index is 2.61. The number of nitrogens with one attached hydrogen (secondary N) is 1. The Morgan fingerprint density at radius 2 is 2.56 bits per heavy atom. The molecule has 0 amide bonds. The van der Waals surface area contributed by atoms with E-state index in [1.54, 1.807) is 12.3 Å². The van der Waals surface area contributed by atoms with Gasteiger partial charge in [-0.1, -0.05) is 6.08 Å². The number of rotatable bonds is 1. The van der Waals surface area contributed by atoms with Crippen LogP contribution in [0.1, 0.15) is 6.42 Å².